The molecule has 3 rings (SSSR count). The van der Waals surface area contributed by atoms with E-state index in [1.165, 1.54) is 44.3 Å². The van der Waals surface area contributed by atoms with Crippen molar-refractivity contribution in [3.05, 3.63) is 72.0 Å². The van der Waals surface area contributed by atoms with E-state index in [2.05, 4.69) is 5.10 Å². The smallest absolute Gasteiger partial charge is 0.280 e. The lowest BCUT2D eigenvalue weighted by molar-refractivity contribution is -0.279. The molecule has 0 unspecified atom stereocenters. The Morgan fingerprint density at radius 2 is 1.77 bits per heavy atom. The maximum absolute atomic E-state index is 12.9. The van der Waals surface area contributed by atoms with Crippen LogP contribution in [0.5, 0.6) is 5.88 Å². The molecule has 0 atom stereocenters. The first-order valence-electron chi connectivity index (χ1n) is 8.82. The van der Waals surface area contributed by atoms with Gasteiger partial charge >= 0.3 is 0 Å². The Hall–Kier alpha value is -3.05. The SMILES string of the molecule is CC1=NN(c2c(Cl)cc(Cl)cc2Cl)C(=O)/C1=C\C=Cc1c(C)c(C#N)c(=O)n(C)c1[O-]. The molecule has 1 aliphatic heterocycles. The van der Waals surface area contributed by atoms with Gasteiger partial charge in [-0.1, -0.05) is 47.0 Å². The Morgan fingerprint density at radius 3 is 2.35 bits per heavy atom. The number of hydrogen-bond acceptors (Lipinski definition) is 5. The number of hydrazone groups is 1. The van der Waals surface area contributed by atoms with Crippen molar-refractivity contribution in [2.24, 2.45) is 12.1 Å². The first-order chi connectivity index (χ1) is 14.6. The quantitative estimate of drug-likeness (QED) is 0.626. The van der Waals surface area contributed by atoms with Crippen molar-refractivity contribution in [3.63, 3.8) is 0 Å². The minimum Gasteiger partial charge on any atom is -0.860 e. The van der Waals surface area contributed by atoms with Crippen LogP contribution >= 0.6 is 34.8 Å². The number of benzene rings is 1. The number of carbonyl (C=O) groups is 1. The van der Waals surface area contributed by atoms with Gasteiger partial charge in [0.25, 0.3) is 11.5 Å². The van der Waals surface area contributed by atoms with E-state index in [4.69, 9.17) is 34.8 Å². The van der Waals surface area contributed by atoms with Gasteiger partial charge in [0.05, 0.1) is 21.3 Å². The zero-order chi connectivity index (χ0) is 23.0. The second-order valence-corrected chi connectivity index (χ2v) is 7.91. The van der Waals surface area contributed by atoms with Crippen molar-refractivity contribution in [1.82, 2.24) is 4.57 Å². The van der Waals surface area contributed by atoms with Crippen LogP contribution in [0, 0.1) is 18.3 Å². The van der Waals surface area contributed by atoms with Crippen LogP contribution in [-0.2, 0) is 11.8 Å². The zero-order valence-electron chi connectivity index (χ0n) is 16.5. The summed E-state index contributed by atoms with van der Waals surface area (Å²) in [6.07, 6.45) is 4.40. The highest BCUT2D eigenvalue weighted by molar-refractivity contribution is 6.43. The number of allylic oxidation sites excluding steroid dienone is 2. The van der Waals surface area contributed by atoms with Gasteiger partial charge in [-0.2, -0.15) is 15.4 Å². The number of carbonyl (C=O) groups excluding carboxylic acids is 1. The third kappa shape index (κ3) is 3.98. The molecule has 10 heteroatoms. The number of amides is 1. The molecule has 0 spiro atoms. The van der Waals surface area contributed by atoms with Crippen LogP contribution in [0.2, 0.25) is 15.1 Å². The minimum atomic E-state index is -0.651. The van der Waals surface area contributed by atoms with E-state index in [-0.39, 0.29) is 38.0 Å². The van der Waals surface area contributed by atoms with Gasteiger partial charge < -0.3 is 9.67 Å². The summed E-state index contributed by atoms with van der Waals surface area (Å²) < 4.78 is 0.873. The molecule has 31 heavy (non-hydrogen) atoms. The van der Waals surface area contributed by atoms with E-state index in [1.54, 1.807) is 6.92 Å². The molecule has 0 N–H and O–H groups in total. The molecule has 1 aromatic carbocycles. The van der Waals surface area contributed by atoms with Gasteiger partial charge in [0, 0.05) is 12.1 Å². The predicted octanol–water partition coefficient (Wildman–Crippen LogP) is 3.96. The summed E-state index contributed by atoms with van der Waals surface area (Å²) in [6, 6.07) is 4.73. The van der Waals surface area contributed by atoms with Crippen molar-refractivity contribution in [1.29, 1.82) is 5.26 Å². The molecular formula is C21H14Cl3N4O3-. The Bertz CT molecular complexity index is 1290. The van der Waals surface area contributed by atoms with E-state index < -0.39 is 17.3 Å². The minimum absolute atomic E-state index is 0.109. The number of hydrogen-bond donors (Lipinski definition) is 0. The van der Waals surface area contributed by atoms with E-state index in [0.717, 1.165) is 9.58 Å². The molecule has 0 bridgehead atoms. The monoisotopic (exact) mass is 475 g/mol. The van der Waals surface area contributed by atoms with Gasteiger partial charge in [-0.25, -0.2) is 0 Å². The second-order valence-electron chi connectivity index (χ2n) is 6.65. The number of nitriles is 1. The largest absolute Gasteiger partial charge is 0.860 e. The molecule has 158 valence electrons. The van der Waals surface area contributed by atoms with Crippen LogP contribution < -0.4 is 15.7 Å². The van der Waals surface area contributed by atoms with Crippen LogP contribution in [0.15, 0.2) is 39.8 Å². The van der Waals surface area contributed by atoms with Crippen LogP contribution in [0.1, 0.15) is 23.6 Å². The Morgan fingerprint density at radius 1 is 1.16 bits per heavy atom. The van der Waals surface area contributed by atoms with Crippen molar-refractivity contribution in [3.8, 4) is 11.9 Å². The van der Waals surface area contributed by atoms with Crippen LogP contribution in [0.3, 0.4) is 0 Å². The predicted molar refractivity (Wildman–Crippen MR) is 120 cm³/mol. The molecular weight excluding hydrogens is 463 g/mol. The summed E-state index contributed by atoms with van der Waals surface area (Å²) in [4.78, 5) is 24.9. The van der Waals surface area contributed by atoms with Gasteiger partial charge in [-0.15, -0.1) is 0 Å². The molecule has 0 fully saturated rings. The summed E-state index contributed by atoms with van der Waals surface area (Å²) >= 11 is 18.3. The molecule has 2 heterocycles. The maximum Gasteiger partial charge on any atom is 0.280 e. The summed E-state index contributed by atoms with van der Waals surface area (Å²) in [5.74, 6) is -1.01. The molecule has 2 aromatic rings. The van der Waals surface area contributed by atoms with Gasteiger partial charge in [-0.3, -0.25) is 9.59 Å². The van der Waals surface area contributed by atoms with Gasteiger partial charge in [0.15, 0.2) is 0 Å². The second kappa shape index (κ2) is 8.60. The van der Waals surface area contributed by atoms with Crippen LogP contribution in [0.25, 0.3) is 6.08 Å². The summed E-state index contributed by atoms with van der Waals surface area (Å²) in [5, 5.41) is 27.6. The average molecular weight is 477 g/mol. The van der Waals surface area contributed by atoms with Gasteiger partial charge in [0.2, 0.25) is 0 Å². The summed E-state index contributed by atoms with van der Waals surface area (Å²) in [5.41, 5.74) is 0.566. The fourth-order valence-corrected chi connectivity index (χ4v) is 4.04. The average Bonchev–Trinajstić information content (AvgIpc) is 2.96. The lowest BCUT2D eigenvalue weighted by Gasteiger charge is -2.18. The fraction of sp³-hybridized carbons (Fsp3) is 0.143. The van der Waals surface area contributed by atoms with Crippen molar-refractivity contribution < 1.29 is 9.90 Å². The molecule has 0 radical (unpaired) electrons. The molecule has 0 saturated heterocycles. The fourth-order valence-electron chi connectivity index (χ4n) is 3.06. The van der Waals surface area contributed by atoms with Gasteiger partial charge in [0.1, 0.15) is 17.3 Å². The third-order valence-corrected chi connectivity index (χ3v) is 5.52. The highest BCUT2D eigenvalue weighted by Crippen LogP contribution is 2.39. The number of nitrogens with zero attached hydrogens (tertiary/aromatic N) is 4. The van der Waals surface area contributed by atoms with E-state index in [0.29, 0.717) is 10.7 Å². The maximum atomic E-state index is 12.9. The number of rotatable bonds is 3. The normalized spacial score (nSPS) is 15.1. The first kappa shape index (κ1) is 22.6. The Kier molecular flexibility index (Phi) is 6.27. The number of aromatic nitrogens is 1. The molecule has 1 aromatic heterocycles. The number of anilines is 1. The number of pyridine rings is 1. The zero-order valence-corrected chi connectivity index (χ0v) is 18.8. The standard InChI is InChI=1S/C21H15Cl3N4O3/c1-10-13(19(29)27(3)20(30)15(10)9-25)5-4-6-14-11(2)26-28(21(14)31)18-16(23)7-12(22)8-17(18)24/h4-8,29H,1-3H3/p-1/b5-4?,14-6-. The molecule has 0 aliphatic carbocycles. The topological polar surface area (TPSA) is 102 Å². The molecule has 1 amide bonds. The van der Waals surface area contributed by atoms with Crippen LogP contribution in [-0.4, -0.2) is 16.2 Å². The van der Waals surface area contributed by atoms with E-state index >= 15 is 0 Å². The third-order valence-electron chi connectivity index (χ3n) is 4.73. The summed E-state index contributed by atoms with van der Waals surface area (Å²) in [7, 11) is 1.30. The van der Waals surface area contributed by atoms with Crippen molar-refractivity contribution >= 4 is 58.2 Å². The van der Waals surface area contributed by atoms with Crippen molar-refractivity contribution in [2.75, 3.05) is 5.01 Å². The Balaban J connectivity index is 1.99. The van der Waals surface area contributed by atoms with E-state index in [1.807, 2.05) is 6.07 Å². The lowest BCUT2D eigenvalue weighted by Crippen LogP contribution is -2.25. The molecule has 0 saturated carbocycles. The summed E-state index contributed by atoms with van der Waals surface area (Å²) in [6.45, 7) is 3.16. The molecule has 1 aliphatic rings. The highest BCUT2D eigenvalue weighted by atomic mass is 35.5. The van der Waals surface area contributed by atoms with E-state index in [9.17, 15) is 20.0 Å². The highest BCUT2D eigenvalue weighted by Gasteiger charge is 2.31. The van der Waals surface area contributed by atoms with Gasteiger partial charge in [-0.05, 0) is 49.1 Å². The number of halogens is 3. The first-order valence-corrected chi connectivity index (χ1v) is 9.95. The Labute approximate surface area is 192 Å². The molecule has 7 nitrogen and oxygen atoms in total. The lowest BCUT2D eigenvalue weighted by atomic mass is 10.0. The van der Waals surface area contributed by atoms with Crippen molar-refractivity contribution in [2.45, 2.75) is 13.8 Å². The van der Waals surface area contributed by atoms with Crippen LogP contribution in [0.4, 0.5) is 5.69 Å².